The lowest BCUT2D eigenvalue weighted by atomic mass is 10.5. The fraction of sp³-hybridized carbons (Fsp3) is 0. The van der Waals surface area contributed by atoms with Crippen LogP contribution in [-0.2, 0) is 0 Å². The molecule has 0 amide bonds. The standard InChI is InChI=1S/C8H6BrN3/c9-7-5-12(6-11-7)8-3-1-2-4-10-8/h1-6H. The summed E-state index contributed by atoms with van der Waals surface area (Å²) in [6, 6.07) is 5.75. The Morgan fingerprint density at radius 1 is 1.25 bits per heavy atom. The highest BCUT2D eigenvalue weighted by molar-refractivity contribution is 9.10. The van der Waals surface area contributed by atoms with Crippen molar-refractivity contribution in [2.24, 2.45) is 0 Å². The quantitative estimate of drug-likeness (QED) is 0.741. The molecule has 2 aromatic rings. The summed E-state index contributed by atoms with van der Waals surface area (Å²) in [7, 11) is 0. The highest BCUT2D eigenvalue weighted by atomic mass is 79.9. The second kappa shape index (κ2) is 3.06. The van der Waals surface area contributed by atoms with Crippen LogP contribution in [0.5, 0.6) is 0 Å². The van der Waals surface area contributed by atoms with Gasteiger partial charge >= 0.3 is 0 Å². The third kappa shape index (κ3) is 1.38. The van der Waals surface area contributed by atoms with E-state index in [0.717, 1.165) is 10.4 Å². The zero-order chi connectivity index (χ0) is 8.39. The zero-order valence-electron chi connectivity index (χ0n) is 6.18. The molecular weight excluding hydrogens is 218 g/mol. The van der Waals surface area contributed by atoms with Gasteiger partial charge in [-0.1, -0.05) is 6.07 Å². The highest BCUT2D eigenvalue weighted by Gasteiger charge is 1.96. The van der Waals surface area contributed by atoms with E-state index < -0.39 is 0 Å². The molecule has 0 fully saturated rings. The largest absolute Gasteiger partial charge is 0.289 e. The average Bonchev–Trinajstić information content (AvgIpc) is 2.54. The lowest BCUT2D eigenvalue weighted by Crippen LogP contribution is -1.91. The molecule has 2 heterocycles. The summed E-state index contributed by atoms with van der Waals surface area (Å²) in [5.41, 5.74) is 0. The molecular formula is C8H6BrN3. The van der Waals surface area contributed by atoms with E-state index in [4.69, 9.17) is 0 Å². The molecule has 0 spiro atoms. The van der Waals surface area contributed by atoms with Crippen LogP contribution in [-0.4, -0.2) is 14.5 Å². The number of aromatic nitrogens is 3. The van der Waals surface area contributed by atoms with Gasteiger partial charge in [-0.25, -0.2) is 9.97 Å². The zero-order valence-corrected chi connectivity index (χ0v) is 7.77. The third-order valence-corrected chi connectivity index (χ3v) is 1.87. The second-order valence-electron chi connectivity index (χ2n) is 2.29. The van der Waals surface area contributed by atoms with Crippen LogP contribution in [0.25, 0.3) is 5.82 Å². The Balaban J connectivity index is 2.45. The first-order chi connectivity index (χ1) is 5.86. The Morgan fingerprint density at radius 3 is 2.75 bits per heavy atom. The van der Waals surface area contributed by atoms with Crippen LogP contribution in [0.4, 0.5) is 0 Å². The molecule has 60 valence electrons. The minimum absolute atomic E-state index is 0.813. The summed E-state index contributed by atoms with van der Waals surface area (Å²) >= 11 is 3.27. The molecule has 4 heteroatoms. The number of halogens is 1. The number of nitrogens with zero attached hydrogens (tertiary/aromatic N) is 3. The molecule has 2 aromatic heterocycles. The van der Waals surface area contributed by atoms with Gasteiger partial charge in [-0.3, -0.25) is 4.57 Å². The molecule has 0 aliphatic carbocycles. The molecule has 3 nitrogen and oxygen atoms in total. The van der Waals surface area contributed by atoms with Gasteiger partial charge < -0.3 is 0 Å². The molecule has 0 aromatic carbocycles. The second-order valence-corrected chi connectivity index (χ2v) is 3.10. The number of pyridine rings is 1. The van der Waals surface area contributed by atoms with E-state index in [1.807, 2.05) is 29.0 Å². The summed E-state index contributed by atoms with van der Waals surface area (Å²) in [6.07, 6.45) is 5.33. The topological polar surface area (TPSA) is 30.7 Å². The maximum atomic E-state index is 4.16. The molecule has 0 aliphatic rings. The van der Waals surface area contributed by atoms with E-state index in [9.17, 15) is 0 Å². The van der Waals surface area contributed by atoms with Gasteiger partial charge in [0.25, 0.3) is 0 Å². The summed E-state index contributed by atoms with van der Waals surface area (Å²) in [4.78, 5) is 8.20. The van der Waals surface area contributed by atoms with Crippen molar-refractivity contribution in [3.8, 4) is 5.82 Å². The lowest BCUT2D eigenvalue weighted by Gasteiger charge is -1.97. The predicted molar refractivity (Wildman–Crippen MR) is 49.1 cm³/mol. The minimum atomic E-state index is 0.813. The molecule has 0 N–H and O–H groups in total. The van der Waals surface area contributed by atoms with Gasteiger partial charge in [0.15, 0.2) is 0 Å². The Morgan fingerprint density at radius 2 is 2.17 bits per heavy atom. The average molecular weight is 224 g/mol. The number of imidazole rings is 1. The Bertz CT molecular complexity index is 369. The van der Waals surface area contributed by atoms with E-state index in [0.29, 0.717) is 0 Å². The van der Waals surface area contributed by atoms with Crippen LogP contribution >= 0.6 is 15.9 Å². The van der Waals surface area contributed by atoms with Crippen LogP contribution in [0.2, 0.25) is 0 Å². The number of rotatable bonds is 1. The van der Waals surface area contributed by atoms with E-state index in [2.05, 4.69) is 25.9 Å². The Labute approximate surface area is 78.2 Å². The van der Waals surface area contributed by atoms with Crippen molar-refractivity contribution in [3.05, 3.63) is 41.5 Å². The van der Waals surface area contributed by atoms with Crippen LogP contribution < -0.4 is 0 Å². The van der Waals surface area contributed by atoms with E-state index in [-0.39, 0.29) is 0 Å². The summed E-state index contributed by atoms with van der Waals surface area (Å²) < 4.78 is 2.66. The van der Waals surface area contributed by atoms with Crippen LogP contribution in [0.3, 0.4) is 0 Å². The SMILES string of the molecule is Brc1cn(-c2ccccn2)cn1. The van der Waals surface area contributed by atoms with Gasteiger partial charge in [-0.15, -0.1) is 0 Å². The molecule has 0 saturated carbocycles. The fourth-order valence-electron chi connectivity index (χ4n) is 0.931. The van der Waals surface area contributed by atoms with Crippen molar-refractivity contribution in [1.29, 1.82) is 0 Å². The van der Waals surface area contributed by atoms with Gasteiger partial charge in [0.05, 0.1) is 0 Å². The maximum Gasteiger partial charge on any atom is 0.137 e. The summed E-state index contributed by atoms with van der Waals surface area (Å²) in [5.74, 6) is 0.871. The molecule has 0 unspecified atom stereocenters. The molecule has 0 aliphatic heterocycles. The monoisotopic (exact) mass is 223 g/mol. The molecule has 12 heavy (non-hydrogen) atoms. The molecule has 0 radical (unpaired) electrons. The minimum Gasteiger partial charge on any atom is -0.289 e. The van der Waals surface area contributed by atoms with E-state index in [1.54, 1.807) is 12.5 Å². The van der Waals surface area contributed by atoms with Crippen LogP contribution in [0.1, 0.15) is 0 Å². The normalized spacial score (nSPS) is 10.1. The van der Waals surface area contributed by atoms with Crippen molar-refractivity contribution in [2.75, 3.05) is 0 Å². The van der Waals surface area contributed by atoms with Gasteiger partial charge in [0.2, 0.25) is 0 Å². The van der Waals surface area contributed by atoms with Crippen molar-refractivity contribution in [2.45, 2.75) is 0 Å². The van der Waals surface area contributed by atoms with Crippen molar-refractivity contribution in [1.82, 2.24) is 14.5 Å². The Hall–Kier alpha value is -1.16. The van der Waals surface area contributed by atoms with Crippen LogP contribution in [0.15, 0.2) is 41.5 Å². The Kier molecular flexibility index (Phi) is 1.91. The molecule has 0 saturated heterocycles. The summed E-state index contributed by atoms with van der Waals surface area (Å²) in [6.45, 7) is 0. The first-order valence-electron chi connectivity index (χ1n) is 3.47. The molecule has 0 bridgehead atoms. The van der Waals surface area contributed by atoms with Gasteiger partial charge in [-0.05, 0) is 28.1 Å². The molecule has 0 atom stereocenters. The highest BCUT2D eigenvalue weighted by Crippen LogP contribution is 2.08. The van der Waals surface area contributed by atoms with Crippen LogP contribution in [0, 0.1) is 0 Å². The lowest BCUT2D eigenvalue weighted by molar-refractivity contribution is 0.993. The van der Waals surface area contributed by atoms with Crippen molar-refractivity contribution < 1.29 is 0 Å². The third-order valence-electron chi connectivity index (χ3n) is 1.46. The van der Waals surface area contributed by atoms with Gasteiger partial charge in [0.1, 0.15) is 16.7 Å². The summed E-state index contributed by atoms with van der Waals surface area (Å²) in [5, 5.41) is 0. The number of hydrogen-bond acceptors (Lipinski definition) is 2. The van der Waals surface area contributed by atoms with E-state index >= 15 is 0 Å². The predicted octanol–water partition coefficient (Wildman–Crippen LogP) is 2.03. The molecule has 2 rings (SSSR count). The van der Waals surface area contributed by atoms with Crippen molar-refractivity contribution >= 4 is 15.9 Å². The fourth-order valence-corrected chi connectivity index (χ4v) is 1.24. The first-order valence-corrected chi connectivity index (χ1v) is 4.26. The smallest absolute Gasteiger partial charge is 0.137 e. The van der Waals surface area contributed by atoms with E-state index in [1.165, 1.54) is 0 Å². The maximum absolute atomic E-state index is 4.16. The first kappa shape index (κ1) is 7.49. The van der Waals surface area contributed by atoms with Gasteiger partial charge in [0, 0.05) is 12.4 Å². The van der Waals surface area contributed by atoms with Gasteiger partial charge in [-0.2, -0.15) is 0 Å². The number of hydrogen-bond donors (Lipinski definition) is 0. The van der Waals surface area contributed by atoms with Crippen molar-refractivity contribution in [3.63, 3.8) is 0 Å².